The van der Waals surface area contributed by atoms with Gasteiger partial charge in [-0.2, -0.15) is 0 Å². The fourth-order valence-electron chi connectivity index (χ4n) is 1.22. The summed E-state index contributed by atoms with van der Waals surface area (Å²) in [6.45, 7) is 7.69. The Balaban J connectivity index is 2.29. The summed E-state index contributed by atoms with van der Waals surface area (Å²) in [6, 6.07) is 4.11. The molecule has 0 aliphatic rings. The summed E-state index contributed by atoms with van der Waals surface area (Å²) in [4.78, 5) is 4.09. The number of aromatic nitrogens is 1. The monoisotopic (exact) mass is 192 g/mol. The summed E-state index contributed by atoms with van der Waals surface area (Å²) in [5.74, 6) is 0. The van der Waals surface area contributed by atoms with Crippen molar-refractivity contribution in [2.45, 2.75) is 39.2 Å². The second kappa shape index (κ2) is 5.11. The van der Waals surface area contributed by atoms with Gasteiger partial charge >= 0.3 is 0 Å². The second-order valence-corrected chi connectivity index (χ2v) is 4.28. The summed E-state index contributed by atoms with van der Waals surface area (Å²) in [5, 5.41) is 3.53. The van der Waals surface area contributed by atoms with Gasteiger partial charge < -0.3 is 5.32 Å². The highest BCUT2D eigenvalue weighted by molar-refractivity contribution is 5.08. The average molecular weight is 192 g/mol. The fraction of sp³-hybridized carbons (Fsp3) is 0.583. The van der Waals surface area contributed by atoms with Gasteiger partial charge in [0.15, 0.2) is 0 Å². The number of hydrogen-bond donors (Lipinski definition) is 1. The molecule has 0 aliphatic carbocycles. The molecule has 0 radical (unpaired) electrons. The molecular formula is C12H20N2. The van der Waals surface area contributed by atoms with E-state index in [1.165, 1.54) is 5.56 Å². The first-order valence-electron chi connectivity index (χ1n) is 5.28. The lowest BCUT2D eigenvalue weighted by atomic mass is 10.0. The zero-order chi connectivity index (χ0) is 10.4. The van der Waals surface area contributed by atoms with Crippen molar-refractivity contribution in [2.24, 2.45) is 0 Å². The first-order valence-corrected chi connectivity index (χ1v) is 5.28. The highest BCUT2D eigenvalue weighted by Gasteiger charge is 2.12. The lowest BCUT2D eigenvalue weighted by Crippen LogP contribution is -2.39. The van der Waals surface area contributed by atoms with Gasteiger partial charge in [0.2, 0.25) is 0 Å². The number of nitrogens with zero attached hydrogens (tertiary/aromatic N) is 1. The first kappa shape index (κ1) is 11.2. The summed E-state index contributed by atoms with van der Waals surface area (Å²) < 4.78 is 0. The number of pyridine rings is 1. The van der Waals surface area contributed by atoms with Crippen molar-refractivity contribution < 1.29 is 0 Å². The van der Waals surface area contributed by atoms with Crippen LogP contribution in [-0.2, 0) is 6.42 Å². The van der Waals surface area contributed by atoms with Crippen molar-refractivity contribution in [1.29, 1.82) is 0 Å². The highest BCUT2D eigenvalue weighted by Crippen LogP contribution is 2.06. The molecule has 0 atom stereocenters. The Bertz CT molecular complexity index is 254. The molecule has 0 unspecified atom stereocenters. The molecule has 1 aromatic heterocycles. The van der Waals surface area contributed by atoms with Crippen LogP contribution < -0.4 is 5.32 Å². The van der Waals surface area contributed by atoms with E-state index in [9.17, 15) is 0 Å². The maximum absolute atomic E-state index is 4.09. The number of rotatable bonds is 5. The van der Waals surface area contributed by atoms with E-state index in [4.69, 9.17) is 0 Å². The van der Waals surface area contributed by atoms with Crippen LogP contribution >= 0.6 is 0 Å². The maximum Gasteiger partial charge on any atom is 0.0300 e. The molecule has 1 N–H and O–H groups in total. The van der Waals surface area contributed by atoms with Crippen molar-refractivity contribution in [1.82, 2.24) is 10.3 Å². The topological polar surface area (TPSA) is 24.9 Å². The lowest BCUT2D eigenvalue weighted by Gasteiger charge is -2.24. The molecular weight excluding hydrogens is 172 g/mol. The molecule has 0 aliphatic heterocycles. The average Bonchev–Trinajstić information content (AvgIpc) is 2.19. The van der Waals surface area contributed by atoms with Gasteiger partial charge in [0.05, 0.1) is 0 Å². The van der Waals surface area contributed by atoms with E-state index < -0.39 is 0 Å². The molecule has 0 amide bonds. The molecule has 0 fully saturated rings. The van der Waals surface area contributed by atoms with E-state index in [-0.39, 0.29) is 5.54 Å². The summed E-state index contributed by atoms with van der Waals surface area (Å²) in [6.07, 6.45) is 5.95. The third kappa shape index (κ3) is 3.88. The molecule has 2 nitrogen and oxygen atoms in total. The molecule has 0 spiro atoms. The van der Waals surface area contributed by atoms with Crippen molar-refractivity contribution in [2.75, 3.05) is 6.54 Å². The molecule has 0 aromatic carbocycles. The third-order valence-electron chi connectivity index (χ3n) is 2.62. The first-order chi connectivity index (χ1) is 6.64. The number of hydrogen-bond acceptors (Lipinski definition) is 2. The van der Waals surface area contributed by atoms with E-state index in [1.807, 2.05) is 18.5 Å². The summed E-state index contributed by atoms with van der Waals surface area (Å²) in [5.41, 5.74) is 1.55. The minimum absolute atomic E-state index is 0.252. The minimum atomic E-state index is 0.252. The Morgan fingerprint density at radius 1 is 1.43 bits per heavy atom. The molecule has 78 valence electrons. The fourth-order valence-corrected chi connectivity index (χ4v) is 1.22. The Hall–Kier alpha value is -0.890. The summed E-state index contributed by atoms with van der Waals surface area (Å²) >= 11 is 0. The minimum Gasteiger partial charge on any atom is -0.311 e. The maximum atomic E-state index is 4.09. The Kier molecular flexibility index (Phi) is 4.08. The van der Waals surface area contributed by atoms with Crippen molar-refractivity contribution in [3.8, 4) is 0 Å². The molecule has 1 aromatic rings. The van der Waals surface area contributed by atoms with Crippen LogP contribution in [0.2, 0.25) is 0 Å². The van der Waals surface area contributed by atoms with Crippen LogP contribution in [0.3, 0.4) is 0 Å². The largest absolute Gasteiger partial charge is 0.311 e. The predicted octanol–water partition coefficient (Wildman–Crippen LogP) is 2.40. The molecule has 0 saturated carbocycles. The van der Waals surface area contributed by atoms with Gasteiger partial charge in [-0.05, 0) is 44.9 Å². The zero-order valence-electron chi connectivity index (χ0n) is 9.38. The molecule has 0 bridgehead atoms. The second-order valence-electron chi connectivity index (χ2n) is 4.28. The normalized spacial score (nSPS) is 11.6. The van der Waals surface area contributed by atoms with E-state index in [0.717, 1.165) is 19.4 Å². The van der Waals surface area contributed by atoms with Crippen molar-refractivity contribution in [3.63, 3.8) is 0 Å². The van der Waals surface area contributed by atoms with E-state index in [2.05, 4.69) is 37.1 Å². The van der Waals surface area contributed by atoms with Gasteiger partial charge in [0.1, 0.15) is 0 Å². The van der Waals surface area contributed by atoms with Crippen LogP contribution in [0.1, 0.15) is 32.8 Å². The van der Waals surface area contributed by atoms with E-state index >= 15 is 0 Å². The Morgan fingerprint density at radius 2 is 2.21 bits per heavy atom. The SMILES string of the molecule is CCC(C)(C)NCCc1cccnc1. The van der Waals surface area contributed by atoms with Gasteiger partial charge in [-0.15, -0.1) is 0 Å². The molecule has 14 heavy (non-hydrogen) atoms. The van der Waals surface area contributed by atoms with Gasteiger partial charge in [0.25, 0.3) is 0 Å². The Morgan fingerprint density at radius 3 is 2.79 bits per heavy atom. The summed E-state index contributed by atoms with van der Waals surface area (Å²) in [7, 11) is 0. The van der Waals surface area contributed by atoms with Crippen LogP contribution in [0, 0.1) is 0 Å². The van der Waals surface area contributed by atoms with Gasteiger partial charge in [-0.3, -0.25) is 4.98 Å². The van der Waals surface area contributed by atoms with Gasteiger partial charge in [0, 0.05) is 17.9 Å². The molecule has 1 rings (SSSR count). The van der Waals surface area contributed by atoms with Crippen LogP contribution in [0.15, 0.2) is 24.5 Å². The van der Waals surface area contributed by atoms with E-state index in [1.54, 1.807) is 0 Å². The molecule has 1 heterocycles. The lowest BCUT2D eigenvalue weighted by molar-refractivity contribution is 0.379. The van der Waals surface area contributed by atoms with E-state index in [0.29, 0.717) is 0 Å². The number of nitrogens with one attached hydrogen (secondary N) is 1. The van der Waals surface area contributed by atoms with Crippen molar-refractivity contribution >= 4 is 0 Å². The molecule has 2 heteroatoms. The van der Waals surface area contributed by atoms with Crippen LogP contribution in [0.25, 0.3) is 0 Å². The molecule has 0 saturated heterocycles. The van der Waals surface area contributed by atoms with Crippen LogP contribution in [0.4, 0.5) is 0 Å². The van der Waals surface area contributed by atoms with Crippen molar-refractivity contribution in [3.05, 3.63) is 30.1 Å². The quantitative estimate of drug-likeness (QED) is 0.775. The van der Waals surface area contributed by atoms with Crippen LogP contribution in [0.5, 0.6) is 0 Å². The predicted molar refractivity (Wildman–Crippen MR) is 60.3 cm³/mol. The smallest absolute Gasteiger partial charge is 0.0300 e. The zero-order valence-corrected chi connectivity index (χ0v) is 9.38. The Labute approximate surface area is 86.8 Å². The highest BCUT2D eigenvalue weighted by atomic mass is 14.9. The van der Waals surface area contributed by atoms with Gasteiger partial charge in [-0.1, -0.05) is 13.0 Å². The van der Waals surface area contributed by atoms with Crippen LogP contribution in [-0.4, -0.2) is 17.1 Å². The standard InChI is InChI=1S/C12H20N2/c1-4-12(2,3)14-9-7-11-6-5-8-13-10-11/h5-6,8,10,14H,4,7,9H2,1-3H3. The third-order valence-corrected chi connectivity index (χ3v) is 2.62. The van der Waals surface area contributed by atoms with Gasteiger partial charge in [-0.25, -0.2) is 0 Å².